The monoisotopic (exact) mass is 516 g/mol. The fourth-order valence-electron chi connectivity index (χ4n) is 3.79. The van der Waals surface area contributed by atoms with Crippen LogP contribution in [0.4, 0.5) is 5.69 Å². The fraction of sp³-hybridized carbons (Fsp3) is 0.308. The number of hydrogen-bond acceptors (Lipinski definition) is 8. The summed E-state index contributed by atoms with van der Waals surface area (Å²) in [5, 5.41) is 42.8. The number of aliphatic hydroxyl groups is 1. The number of benzene rings is 3. The van der Waals surface area contributed by atoms with Gasteiger partial charge >= 0.3 is 0 Å². The van der Waals surface area contributed by atoms with Gasteiger partial charge in [0.05, 0.1) is 11.9 Å². The summed E-state index contributed by atoms with van der Waals surface area (Å²) in [7, 11) is -3.57. The van der Waals surface area contributed by atoms with E-state index in [4.69, 9.17) is 4.74 Å². The maximum absolute atomic E-state index is 11.4. The minimum absolute atomic E-state index is 0.000135. The zero-order valence-electron chi connectivity index (χ0n) is 20.1. The summed E-state index contributed by atoms with van der Waals surface area (Å²) in [5.41, 5.74) is 2.02. The number of aliphatic hydroxyl groups excluding tert-OH is 1. The molecule has 0 radical (unpaired) electrons. The lowest BCUT2D eigenvalue weighted by Gasteiger charge is -2.24. The maximum Gasteiger partial charge on any atom is 0.229 e. The summed E-state index contributed by atoms with van der Waals surface area (Å²) in [5.74, 6) is 0.432. The van der Waals surface area contributed by atoms with Crippen molar-refractivity contribution in [2.24, 2.45) is 0 Å². The molecular formula is C26H32N2O7S. The van der Waals surface area contributed by atoms with Crippen LogP contribution in [-0.2, 0) is 10.0 Å². The van der Waals surface area contributed by atoms with Crippen molar-refractivity contribution >= 4 is 15.7 Å². The van der Waals surface area contributed by atoms with E-state index in [1.807, 2.05) is 31.2 Å². The van der Waals surface area contributed by atoms with E-state index in [0.29, 0.717) is 12.2 Å². The average molecular weight is 517 g/mol. The molecule has 9 nitrogen and oxygen atoms in total. The molecule has 3 rings (SSSR count). The molecule has 0 aliphatic carbocycles. The van der Waals surface area contributed by atoms with E-state index in [9.17, 15) is 28.8 Å². The zero-order valence-corrected chi connectivity index (χ0v) is 20.9. The maximum atomic E-state index is 11.4. The van der Waals surface area contributed by atoms with Gasteiger partial charge in [0.1, 0.15) is 35.7 Å². The Morgan fingerprint density at radius 3 is 1.97 bits per heavy atom. The SMILES string of the molecule is CC(CC(c1ccc(O)cc1)c1ccc(O)cc1)NC[C@H](O)COc1ccc(O)c(NS(C)(=O)=O)c1. The first-order valence-electron chi connectivity index (χ1n) is 11.4. The predicted octanol–water partition coefficient (Wildman–Crippen LogP) is 3.11. The van der Waals surface area contributed by atoms with Crippen LogP contribution in [0.15, 0.2) is 66.7 Å². The lowest BCUT2D eigenvalue weighted by Crippen LogP contribution is -2.37. The van der Waals surface area contributed by atoms with Crippen LogP contribution in [0.1, 0.15) is 30.4 Å². The molecule has 194 valence electrons. The third-order valence-electron chi connectivity index (χ3n) is 5.59. The molecular weight excluding hydrogens is 484 g/mol. The van der Waals surface area contributed by atoms with Gasteiger partial charge in [-0.05, 0) is 60.9 Å². The number of aromatic hydroxyl groups is 3. The Balaban J connectivity index is 1.57. The van der Waals surface area contributed by atoms with Crippen molar-refractivity contribution < 1.29 is 33.6 Å². The van der Waals surface area contributed by atoms with Crippen LogP contribution >= 0.6 is 0 Å². The highest BCUT2D eigenvalue weighted by Crippen LogP contribution is 2.31. The standard InChI is InChI=1S/C26H32N2O7S/c1-17(13-24(18-3-7-20(29)8-4-18)19-5-9-21(30)10-6-19)27-15-22(31)16-35-23-11-12-26(32)25(14-23)28-36(2,33)34/h3-12,14,17,22,24,27-32H,13,15-16H2,1-2H3/t17?,22-/m0/s1. The number of nitrogens with one attached hydrogen (secondary N) is 2. The first-order chi connectivity index (χ1) is 17.0. The van der Waals surface area contributed by atoms with Crippen LogP contribution in [-0.4, -0.2) is 60.4 Å². The molecule has 3 aromatic rings. The van der Waals surface area contributed by atoms with E-state index in [1.54, 1.807) is 24.3 Å². The number of phenols is 3. The van der Waals surface area contributed by atoms with Crippen molar-refractivity contribution in [3.8, 4) is 23.0 Å². The van der Waals surface area contributed by atoms with Crippen LogP contribution in [0.3, 0.4) is 0 Å². The number of rotatable bonds is 12. The molecule has 0 saturated heterocycles. The van der Waals surface area contributed by atoms with Crippen LogP contribution in [0, 0.1) is 0 Å². The van der Waals surface area contributed by atoms with Gasteiger partial charge in [-0.2, -0.15) is 0 Å². The van der Waals surface area contributed by atoms with Gasteiger partial charge in [-0.3, -0.25) is 4.72 Å². The van der Waals surface area contributed by atoms with Crippen molar-refractivity contribution in [2.75, 3.05) is 24.1 Å². The van der Waals surface area contributed by atoms with Gasteiger partial charge in [0.2, 0.25) is 10.0 Å². The highest BCUT2D eigenvalue weighted by molar-refractivity contribution is 7.92. The molecule has 0 bridgehead atoms. The van der Waals surface area contributed by atoms with Crippen molar-refractivity contribution in [1.29, 1.82) is 0 Å². The van der Waals surface area contributed by atoms with E-state index in [2.05, 4.69) is 10.0 Å². The van der Waals surface area contributed by atoms with Gasteiger partial charge in [-0.1, -0.05) is 24.3 Å². The molecule has 0 saturated carbocycles. The minimum Gasteiger partial charge on any atom is -0.508 e. The van der Waals surface area contributed by atoms with Crippen molar-refractivity contribution in [3.63, 3.8) is 0 Å². The van der Waals surface area contributed by atoms with E-state index >= 15 is 0 Å². The second kappa shape index (κ2) is 12.0. The predicted molar refractivity (Wildman–Crippen MR) is 138 cm³/mol. The molecule has 0 aromatic heterocycles. The van der Waals surface area contributed by atoms with Crippen LogP contribution in [0.25, 0.3) is 0 Å². The Labute approximate surface area is 211 Å². The number of sulfonamides is 1. The minimum atomic E-state index is -3.57. The summed E-state index contributed by atoms with van der Waals surface area (Å²) in [6.45, 7) is 2.22. The topological polar surface area (TPSA) is 148 Å². The number of phenolic OH excluding ortho intramolecular Hbond substituents is 3. The van der Waals surface area contributed by atoms with E-state index in [1.165, 1.54) is 18.2 Å². The second-order valence-corrected chi connectivity index (χ2v) is 10.5. The van der Waals surface area contributed by atoms with E-state index in [-0.39, 0.29) is 48.0 Å². The molecule has 2 atom stereocenters. The molecule has 36 heavy (non-hydrogen) atoms. The number of hydrogen-bond donors (Lipinski definition) is 6. The van der Waals surface area contributed by atoms with Crippen molar-refractivity contribution in [3.05, 3.63) is 77.9 Å². The first-order valence-corrected chi connectivity index (χ1v) is 13.3. The van der Waals surface area contributed by atoms with E-state index < -0.39 is 16.1 Å². The van der Waals surface area contributed by atoms with Crippen molar-refractivity contribution in [2.45, 2.75) is 31.4 Å². The van der Waals surface area contributed by atoms with Crippen LogP contribution in [0.2, 0.25) is 0 Å². The molecule has 0 aliphatic rings. The lowest BCUT2D eigenvalue weighted by molar-refractivity contribution is 0.103. The summed E-state index contributed by atoms with van der Waals surface area (Å²) in [4.78, 5) is 0. The Kier molecular flexibility index (Phi) is 9.03. The van der Waals surface area contributed by atoms with Gasteiger partial charge in [-0.15, -0.1) is 0 Å². The second-order valence-electron chi connectivity index (χ2n) is 8.80. The van der Waals surface area contributed by atoms with Crippen LogP contribution in [0.5, 0.6) is 23.0 Å². The normalized spacial score (nSPS) is 13.3. The van der Waals surface area contributed by atoms with Gasteiger partial charge < -0.3 is 30.5 Å². The first kappa shape index (κ1) is 27.1. The van der Waals surface area contributed by atoms with Gasteiger partial charge in [-0.25, -0.2) is 8.42 Å². The van der Waals surface area contributed by atoms with E-state index in [0.717, 1.165) is 17.4 Å². The molecule has 10 heteroatoms. The van der Waals surface area contributed by atoms with Crippen LogP contribution < -0.4 is 14.8 Å². The lowest BCUT2D eigenvalue weighted by atomic mass is 9.86. The Morgan fingerprint density at radius 1 is 0.889 bits per heavy atom. The fourth-order valence-corrected chi connectivity index (χ4v) is 4.35. The molecule has 0 spiro atoms. The zero-order chi connectivity index (χ0) is 26.3. The number of ether oxygens (including phenoxy) is 1. The molecule has 0 fully saturated rings. The van der Waals surface area contributed by atoms with Gasteiger partial charge in [0.15, 0.2) is 0 Å². The molecule has 1 unspecified atom stereocenters. The summed E-state index contributed by atoms with van der Waals surface area (Å²) < 4.78 is 30.6. The summed E-state index contributed by atoms with van der Waals surface area (Å²) in [6.07, 6.45) is 0.833. The quantitative estimate of drug-likeness (QED) is 0.201. The summed E-state index contributed by atoms with van der Waals surface area (Å²) in [6, 6.07) is 18.2. The van der Waals surface area contributed by atoms with Gasteiger partial charge in [0, 0.05) is 24.6 Å². The molecule has 0 amide bonds. The largest absolute Gasteiger partial charge is 0.508 e. The Morgan fingerprint density at radius 2 is 1.44 bits per heavy atom. The Hall–Kier alpha value is -3.47. The van der Waals surface area contributed by atoms with Crippen molar-refractivity contribution in [1.82, 2.24) is 5.32 Å². The average Bonchev–Trinajstić information content (AvgIpc) is 2.82. The highest BCUT2D eigenvalue weighted by atomic mass is 32.2. The highest BCUT2D eigenvalue weighted by Gasteiger charge is 2.19. The molecule has 6 N–H and O–H groups in total. The third kappa shape index (κ3) is 8.33. The molecule has 3 aromatic carbocycles. The smallest absolute Gasteiger partial charge is 0.229 e. The van der Waals surface area contributed by atoms with Gasteiger partial charge in [0.25, 0.3) is 0 Å². The molecule has 0 heterocycles. The summed E-state index contributed by atoms with van der Waals surface area (Å²) >= 11 is 0. The Bertz CT molecular complexity index is 1190. The molecule has 0 aliphatic heterocycles. The number of anilines is 1. The third-order valence-corrected chi connectivity index (χ3v) is 6.18.